The fourth-order valence-electron chi connectivity index (χ4n) is 9.85. The minimum atomic E-state index is -0.755. The Morgan fingerprint density at radius 1 is 0.919 bits per heavy atom. The molecular weight excluding hydrogens is 468 g/mol. The average molecular weight is 521 g/mol. The minimum absolute atomic E-state index is 0.0803. The zero-order chi connectivity index (χ0) is 27.3. The van der Waals surface area contributed by atoms with Gasteiger partial charge in [0.25, 0.3) is 0 Å². The van der Waals surface area contributed by atoms with Crippen molar-refractivity contribution in [2.75, 3.05) is 0 Å². The van der Waals surface area contributed by atoms with Crippen molar-refractivity contribution in [1.82, 2.24) is 0 Å². The first kappa shape index (κ1) is 28.9. The van der Waals surface area contributed by atoms with E-state index in [2.05, 4.69) is 20.8 Å². The molecule has 0 heterocycles. The number of hydrogen-bond acceptors (Lipinski definition) is 6. The van der Waals surface area contributed by atoms with Crippen LogP contribution >= 0.6 is 0 Å². The van der Waals surface area contributed by atoms with E-state index in [9.17, 15) is 19.8 Å². The summed E-state index contributed by atoms with van der Waals surface area (Å²) in [6.45, 7) is 13.7. The maximum Gasteiger partial charge on any atom is 0.302 e. The van der Waals surface area contributed by atoms with Gasteiger partial charge in [0.2, 0.25) is 0 Å². The van der Waals surface area contributed by atoms with Gasteiger partial charge in [-0.05, 0) is 118 Å². The predicted molar refractivity (Wildman–Crippen MR) is 142 cm³/mol. The third-order valence-electron chi connectivity index (χ3n) is 11.6. The van der Waals surface area contributed by atoms with Gasteiger partial charge in [-0.15, -0.1) is 0 Å². The number of carbonyl (C=O) groups excluding carboxylic acids is 2. The lowest BCUT2D eigenvalue weighted by atomic mass is 9.43. The van der Waals surface area contributed by atoms with Gasteiger partial charge in [-0.25, -0.2) is 0 Å². The number of aliphatic hydroxyl groups excluding tert-OH is 1. The molecule has 4 rings (SSSR count). The average Bonchev–Trinajstić information content (AvgIpc) is 3.14. The van der Waals surface area contributed by atoms with Crippen molar-refractivity contribution in [2.45, 2.75) is 137 Å². The van der Waals surface area contributed by atoms with Crippen LogP contribution in [0, 0.1) is 46.3 Å². The summed E-state index contributed by atoms with van der Waals surface area (Å²) >= 11 is 0. The summed E-state index contributed by atoms with van der Waals surface area (Å²) in [6, 6.07) is 0. The van der Waals surface area contributed by atoms with Gasteiger partial charge in [0, 0.05) is 19.8 Å². The van der Waals surface area contributed by atoms with E-state index < -0.39 is 11.7 Å². The van der Waals surface area contributed by atoms with Crippen LogP contribution in [0.3, 0.4) is 0 Å². The fraction of sp³-hybridized carbons (Fsp3) is 0.935. The first-order chi connectivity index (χ1) is 17.2. The SMILES string of the molecule is CC(=O)O[C@@H]1CC[C@]2(C)[C@H]3CC[C@]4(C)[C@@H]([C@H](C)[C@@H](O)CCC(C)(C)O)CC[C@@H]4[C@H]3C[C@H](OC(C)=O)[C@@H]2C1. The maximum atomic E-state index is 12.2. The third-order valence-corrected chi connectivity index (χ3v) is 11.6. The normalized spacial score (nSPS) is 43.1. The molecule has 6 heteroatoms. The summed E-state index contributed by atoms with van der Waals surface area (Å²) in [7, 11) is 0. The summed E-state index contributed by atoms with van der Waals surface area (Å²) in [5, 5.41) is 21.3. The molecule has 37 heavy (non-hydrogen) atoms. The van der Waals surface area contributed by atoms with E-state index >= 15 is 0 Å². The van der Waals surface area contributed by atoms with Crippen LogP contribution in [0.4, 0.5) is 0 Å². The molecule has 6 nitrogen and oxygen atoms in total. The molecule has 0 amide bonds. The Hall–Kier alpha value is -1.14. The molecule has 4 saturated carbocycles. The molecule has 212 valence electrons. The van der Waals surface area contributed by atoms with Crippen molar-refractivity contribution in [1.29, 1.82) is 0 Å². The number of hydrogen-bond donors (Lipinski definition) is 2. The summed E-state index contributed by atoms with van der Waals surface area (Å²) in [5.41, 5.74) is -0.499. The van der Waals surface area contributed by atoms with Crippen LogP contribution in [0.25, 0.3) is 0 Å². The molecule has 0 bridgehead atoms. The number of fused-ring (bicyclic) bond motifs is 5. The van der Waals surface area contributed by atoms with Crippen molar-refractivity contribution < 1.29 is 29.3 Å². The van der Waals surface area contributed by atoms with Crippen LogP contribution < -0.4 is 0 Å². The smallest absolute Gasteiger partial charge is 0.302 e. The highest BCUT2D eigenvalue weighted by molar-refractivity contribution is 5.66. The molecule has 4 aliphatic carbocycles. The van der Waals surface area contributed by atoms with Crippen LogP contribution in [0.15, 0.2) is 0 Å². The lowest BCUT2D eigenvalue weighted by molar-refractivity contribution is -0.197. The standard InChI is InChI=1S/C31H52O6/c1-18(27(34)12-13-29(4,5)35)23-8-9-24-22-17-28(37-20(3)33)26-16-21(36-19(2)32)10-14-31(26,7)25(22)11-15-30(23,24)6/h18,21-28,34-35H,8-17H2,1-7H3/t18-,21+,22+,23+,24+,25-,26-,27-,28-,30+,31+/m0/s1. The Balaban J connectivity index is 1.55. The Labute approximate surface area is 224 Å². The molecule has 0 unspecified atom stereocenters. The van der Waals surface area contributed by atoms with Crippen molar-refractivity contribution in [3.05, 3.63) is 0 Å². The molecule has 0 aromatic rings. The molecule has 0 aromatic carbocycles. The molecule has 0 spiro atoms. The summed E-state index contributed by atoms with van der Waals surface area (Å²) < 4.78 is 11.7. The molecular formula is C31H52O6. The van der Waals surface area contributed by atoms with E-state index in [1.54, 1.807) is 0 Å². The first-order valence-electron chi connectivity index (χ1n) is 14.9. The second-order valence-electron chi connectivity index (χ2n) is 14.4. The summed E-state index contributed by atoms with van der Waals surface area (Å²) in [5.74, 6) is 2.12. The van der Waals surface area contributed by atoms with Crippen LogP contribution in [0.1, 0.15) is 113 Å². The minimum Gasteiger partial charge on any atom is -0.463 e. The van der Waals surface area contributed by atoms with Gasteiger partial charge in [-0.2, -0.15) is 0 Å². The summed E-state index contributed by atoms with van der Waals surface area (Å²) in [4.78, 5) is 23.9. The highest BCUT2D eigenvalue weighted by Gasteiger charge is 2.63. The maximum absolute atomic E-state index is 12.2. The molecule has 4 aliphatic rings. The van der Waals surface area contributed by atoms with Gasteiger partial charge < -0.3 is 19.7 Å². The quantitative estimate of drug-likeness (QED) is 0.420. The van der Waals surface area contributed by atoms with Gasteiger partial charge in [-0.1, -0.05) is 20.8 Å². The molecule has 0 saturated heterocycles. The lowest BCUT2D eigenvalue weighted by Gasteiger charge is -2.62. The third kappa shape index (κ3) is 5.62. The van der Waals surface area contributed by atoms with E-state index in [4.69, 9.17) is 9.47 Å². The Morgan fingerprint density at radius 3 is 2.16 bits per heavy atom. The van der Waals surface area contributed by atoms with E-state index in [0.717, 1.165) is 32.1 Å². The van der Waals surface area contributed by atoms with Crippen LogP contribution in [0.2, 0.25) is 0 Å². The molecule has 11 atom stereocenters. The van der Waals surface area contributed by atoms with Gasteiger partial charge in [-0.3, -0.25) is 9.59 Å². The number of ether oxygens (including phenoxy) is 2. The lowest BCUT2D eigenvalue weighted by Crippen LogP contribution is -2.59. The number of rotatable bonds is 7. The van der Waals surface area contributed by atoms with Crippen molar-refractivity contribution in [3.63, 3.8) is 0 Å². The molecule has 0 aromatic heterocycles. The zero-order valence-electron chi connectivity index (χ0n) is 24.3. The van der Waals surface area contributed by atoms with Crippen molar-refractivity contribution in [2.24, 2.45) is 46.3 Å². The van der Waals surface area contributed by atoms with Gasteiger partial charge >= 0.3 is 11.9 Å². The Morgan fingerprint density at radius 2 is 1.54 bits per heavy atom. The highest BCUT2D eigenvalue weighted by atomic mass is 16.5. The second-order valence-corrected chi connectivity index (χ2v) is 14.4. The van der Waals surface area contributed by atoms with Crippen LogP contribution in [-0.2, 0) is 19.1 Å². The topological polar surface area (TPSA) is 93.1 Å². The predicted octanol–water partition coefficient (Wildman–Crippen LogP) is 5.67. The molecule has 2 N–H and O–H groups in total. The summed E-state index contributed by atoms with van der Waals surface area (Å²) in [6.07, 6.45) is 8.88. The van der Waals surface area contributed by atoms with E-state index in [-0.39, 0.29) is 46.8 Å². The molecule has 0 radical (unpaired) electrons. The van der Waals surface area contributed by atoms with Gasteiger partial charge in [0.1, 0.15) is 12.2 Å². The van der Waals surface area contributed by atoms with Crippen LogP contribution in [0.5, 0.6) is 0 Å². The number of carbonyl (C=O) groups is 2. The molecule has 4 fully saturated rings. The van der Waals surface area contributed by atoms with Gasteiger partial charge in [0.15, 0.2) is 0 Å². The van der Waals surface area contributed by atoms with Crippen molar-refractivity contribution >= 4 is 11.9 Å². The monoisotopic (exact) mass is 520 g/mol. The van der Waals surface area contributed by atoms with E-state index in [1.165, 1.54) is 33.1 Å². The second kappa shape index (κ2) is 10.4. The number of esters is 2. The zero-order valence-corrected chi connectivity index (χ0v) is 24.3. The largest absolute Gasteiger partial charge is 0.463 e. The number of aliphatic hydroxyl groups is 2. The highest BCUT2D eigenvalue weighted by Crippen LogP contribution is 2.68. The van der Waals surface area contributed by atoms with E-state index in [1.807, 2.05) is 13.8 Å². The fourth-order valence-corrected chi connectivity index (χ4v) is 9.85. The van der Waals surface area contributed by atoms with Gasteiger partial charge in [0.05, 0.1) is 11.7 Å². The Kier molecular flexibility index (Phi) is 8.15. The first-order valence-corrected chi connectivity index (χ1v) is 14.9. The van der Waals surface area contributed by atoms with Crippen molar-refractivity contribution in [3.8, 4) is 0 Å². The Bertz CT molecular complexity index is 849. The van der Waals surface area contributed by atoms with Crippen LogP contribution in [-0.4, -0.2) is 46.1 Å². The van der Waals surface area contributed by atoms with E-state index in [0.29, 0.717) is 36.5 Å². The molecule has 0 aliphatic heterocycles.